The van der Waals surface area contributed by atoms with Crippen molar-refractivity contribution in [3.8, 4) is 0 Å². The third-order valence-corrected chi connectivity index (χ3v) is 6.34. The van der Waals surface area contributed by atoms with Crippen LogP contribution in [0.5, 0.6) is 0 Å². The summed E-state index contributed by atoms with van der Waals surface area (Å²) in [6.07, 6.45) is 9.48. The Morgan fingerprint density at radius 1 is 0.875 bits per heavy atom. The summed E-state index contributed by atoms with van der Waals surface area (Å²) in [6, 6.07) is 0.463. The lowest BCUT2D eigenvalue weighted by Crippen LogP contribution is -2.50. The zero-order valence-electron chi connectivity index (χ0n) is 15.5. The van der Waals surface area contributed by atoms with E-state index >= 15 is 0 Å². The SMILES string of the molecule is CC1CC(C)CN(C(=O)CCC(=O)N2CCCC3CCCCC32)C1. The van der Waals surface area contributed by atoms with E-state index in [1.165, 1.54) is 38.5 Å². The Balaban J connectivity index is 1.50. The number of nitrogens with zero attached hydrogens (tertiary/aromatic N) is 2. The standard InChI is InChI=1S/C20H34N2O2/c1-15-12-16(2)14-21(13-15)19(23)9-10-20(24)22-11-5-7-17-6-3-4-8-18(17)22/h15-18H,3-14H2,1-2H3. The van der Waals surface area contributed by atoms with Crippen LogP contribution in [-0.4, -0.2) is 47.3 Å². The normalized spacial score (nSPS) is 33.9. The van der Waals surface area contributed by atoms with Gasteiger partial charge in [0, 0.05) is 38.5 Å². The highest BCUT2D eigenvalue weighted by molar-refractivity contribution is 5.84. The molecule has 2 amide bonds. The minimum atomic E-state index is 0.180. The molecule has 3 aliphatic rings. The van der Waals surface area contributed by atoms with Crippen molar-refractivity contribution in [3.05, 3.63) is 0 Å². The molecule has 3 fully saturated rings. The van der Waals surface area contributed by atoms with Crippen LogP contribution in [0, 0.1) is 17.8 Å². The lowest BCUT2D eigenvalue weighted by atomic mass is 9.78. The molecule has 4 unspecified atom stereocenters. The number of amides is 2. The number of hydrogen-bond donors (Lipinski definition) is 0. The van der Waals surface area contributed by atoms with Crippen LogP contribution in [0.1, 0.15) is 71.6 Å². The molecule has 0 bridgehead atoms. The van der Waals surface area contributed by atoms with Crippen LogP contribution in [0.25, 0.3) is 0 Å². The van der Waals surface area contributed by atoms with E-state index in [1.54, 1.807) is 0 Å². The Labute approximate surface area is 146 Å². The number of piperidine rings is 2. The zero-order chi connectivity index (χ0) is 17.1. The molecule has 1 saturated carbocycles. The third-order valence-electron chi connectivity index (χ3n) is 6.34. The van der Waals surface area contributed by atoms with E-state index in [0.717, 1.165) is 32.0 Å². The first-order valence-electron chi connectivity index (χ1n) is 10.1. The van der Waals surface area contributed by atoms with Gasteiger partial charge in [0.1, 0.15) is 0 Å². The maximum atomic E-state index is 12.7. The van der Waals surface area contributed by atoms with Gasteiger partial charge in [-0.15, -0.1) is 0 Å². The highest BCUT2D eigenvalue weighted by atomic mass is 16.2. The quantitative estimate of drug-likeness (QED) is 0.793. The highest BCUT2D eigenvalue weighted by Gasteiger charge is 2.35. The lowest BCUT2D eigenvalue weighted by molar-refractivity contribution is -0.142. The molecule has 4 nitrogen and oxygen atoms in total. The summed E-state index contributed by atoms with van der Waals surface area (Å²) in [6.45, 7) is 7.08. The molecular formula is C20H34N2O2. The zero-order valence-corrected chi connectivity index (χ0v) is 15.5. The van der Waals surface area contributed by atoms with Crippen molar-refractivity contribution in [2.24, 2.45) is 17.8 Å². The molecule has 0 radical (unpaired) electrons. The Morgan fingerprint density at radius 3 is 2.25 bits per heavy atom. The van der Waals surface area contributed by atoms with Crippen LogP contribution in [-0.2, 0) is 9.59 Å². The van der Waals surface area contributed by atoms with Gasteiger partial charge in [-0.1, -0.05) is 26.7 Å². The summed E-state index contributed by atoms with van der Waals surface area (Å²) in [7, 11) is 0. The molecule has 136 valence electrons. The monoisotopic (exact) mass is 334 g/mol. The van der Waals surface area contributed by atoms with Crippen LogP contribution < -0.4 is 0 Å². The van der Waals surface area contributed by atoms with Crippen molar-refractivity contribution in [3.63, 3.8) is 0 Å². The number of carbonyl (C=O) groups is 2. The van der Waals surface area contributed by atoms with Crippen LogP contribution in [0.2, 0.25) is 0 Å². The van der Waals surface area contributed by atoms with Gasteiger partial charge in [0.2, 0.25) is 11.8 Å². The van der Waals surface area contributed by atoms with Gasteiger partial charge >= 0.3 is 0 Å². The van der Waals surface area contributed by atoms with Gasteiger partial charge in [-0.05, 0) is 49.9 Å². The number of fused-ring (bicyclic) bond motifs is 1. The summed E-state index contributed by atoms with van der Waals surface area (Å²) < 4.78 is 0. The molecule has 3 rings (SSSR count). The van der Waals surface area contributed by atoms with Gasteiger partial charge in [0.05, 0.1) is 0 Å². The van der Waals surface area contributed by atoms with Crippen molar-refractivity contribution >= 4 is 11.8 Å². The van der Waals surface area contributed by atoms with Gasteiger partial charge in [-0.2, -0.15) is 0 Å². The maximum Gasteiger partial charge on any atom is 0.223 e. The van der Waals surface area contributed by atoms with Crippen LogP contribution in [0.3, 0.4) is 0 Å². The van der Waals surface area contributed by atoms with E-state index in [4.69, 9.17) is 0 Å². The number of likely N-dealkylation sites (tertiary alicyclic amines) is 2. The highest BCUT2D eigenvalue weighted by Crippen LogP contribution is 2.35. The molecule has 2 saturated heterocycles. The molecule has 24 heavy (non-hydrogen) atoms. The van der Waals surface area contributed by atoms with Gasteiger partial charge in [-0.25, -0.2) is 0 Å². The minimum Gasteiger partial charge on any atom is -0.342 e. The number of rotatable bonds is 3. The maximum absolute atomic E-state index is 12.7. The average Bonchev–Trinajstić information content (AvgIpc) is 2.58. The fraction of sp³-hybridized carbons (Fsp3) is 0.900. The first-order valence-corrected chi connectivity index (χ1v) is 10.1. The Kier molecular flexibility index (Phi) is 5.83. The largest absolute Gasteiger partial charge is 0.342 e. The van der Waals surface area contributed by atoms with Crippen LogP contribution >= 0.6 is 0 Å². The molecule has 4 heteroatoms. The molecule has 0 aromatic heterocycles. The third kappa shape index (κ3) is 4.12. The van der Waals surface area contributed by atoms with E-state index in [1.807, 2.05) is 4.90 Å². The molecule has 1 aliphatic carbocycles. The van der Waals surface area contributed by atoms with Gasteiger partial charge in [0.15, 0.2) is 0 Å². The molecule has 0 aromatic rings. The van der Waals surface area contributed by atoms with E-state index in [9.17, 15) is 9.59 Å². The van der Waals surface area contributed by atoms with Crippen molar-refractivity contribution in [2.45, 2.75) is 77.7 Å². The van der Waals surface area contributed by atoms with Crippen molar-refractivity contribution in [1.29, 1.82) is 0 Å². The van der Waals surface area contributed by atoms with Crippen molar-refractivity contribution in [1.82, 2.24) is 9.80 Å². The smallest absolute Gasteiger partial charge is 0.223 e. The molecule has 0 aromatic carbocycles. The van der Waals surface area contributed by atoms with Gasteiger partial charge in [-0.3, -0.25) is 9.59 Å². The second-order valence-electron chi connectivity index (χ2n) is 8.59. The first kappa shape index (κ1) is 17.8. The van der Waals surface area contributed by atoms with E-state index in [0.29, 0.717) is 30.7 Å². The molecular weight excluding hydrogens is 300 g/mol. The van der Waals surface area contributed by atoms with E-state index in [2.05, 4.69) is 18.7 Å². The fourth-order valence-corrected chi connectivity index (χ4v) is 5.32. The van der Waals surface area contributed by atoms with Crippen LogP contribution in [0.4, 0.5) is 0 Å². The molecule has 4 atom stereocenters. The number of hydrogen-bond acceptors (Lipinski definition) is 2. The topological polar surface area (TPSA) is 40.6 Å². The fourth-order valence-electron chi connectivity index (χ4n) is 5.32. The van der Waals surface area contributed by atoms with Gasteiger partial charge in [0.25, 0.3) is 0 Å². The second kappa shape index (κ2) is 7.88. The summed E-state index contributed by atoms with van der Waals surface area (Å²) in [4.78, 5) is 29.4. The van der Waals surface area contributed by atoms with E-state index in [-0.39, 0.29) is 11.8 Å². The Morgan fingerprint density at radius 2 is 1.50 bits per heavy atom. The summed E-state index contributed by atoms with van der Waals surface area (Å²) >= 11 is 0. The van der Waals surface area contributed by atoms with Crippen molar-refractivity contribution < 1.29 is 9.59 Å². The molecule has 2 aliphatic heterocycles. The number of carbonyl (C=O) groups excluding carboxylic acids is 2. The second-order valence-corrected chi connectivity index (χ2v) is 8.59. The molecule has 0 spiro atoms. The average molecular weight is 335 g/mol. The Bertz CT molecular complexity index is 453. The Hall–Kier alpha value is -1.06. The first-order chi connectivity index (χ1) is 11.5. The van der Waals surface area contributed by atoms with Crippen molar-refractivity contribution in [2.75, 3.05) is 19.6 Å². The van der Waals surface area contributed by atoms with E-state index < -0.39 is 0 Å². The minimum absolute atomic E-state index is 0.180. The molecule has 0 N–H and O–H groups in total. The lowest BCUT2D eigenvalue weighted by Gasteiger charge is -2.44. The molecule has 2 heterocycles. The predicted octanol–water partition coefficient (Wildman–Crippen LogP) is 3.45. The summed E-state index contributed by atoms with van der Waals surface area (Å²) in [5.41, 5.74) is 0. The van der Waals surface area contributed by atoms with Crippen LogP contribution in [0.15, 0.2) is 0 Å². The van der Waals surface area contributed by atoms with Gasteiger partial charge < -0.3 is 9.80 Å². The predicted molar refractivity (Wildman–Crippen MR) is 95.5 cm³/mol. The summed E-state index contributed by atoms with van der Waals surface area (Å²) in [5, 5.41) is 0. The summed E-state index contributed by atoms with van der Waals surface area (Å²) in [5.74, 6) is 2.28.